The normalized spacial score (nSPS) is 17.7. The molecule has 0 fully saturated rings. The first-order valence-corrected chi connectivity index (χ1v) is 8.57. The van der Waals surface area contributed by atoms with E-state index in [2.05, 4.69) is 67.3 Å². The lowest BCUT2D eigenvalue weighted by atomic mass is 9.91. The van der Waals surface area contributed by atoms with Crippen LogP contribution in [0.1, 0.15) is 37.8 Å². The largest absolute Gasteiger partial charge is 0.456 e. The molecule has 2 nitrogen and oxygen atoms in total. The Labute approximate surface area is 138 Å². The molecule has 0 aliphatic carbocycles. The van der Waals surface area contributed by atoms with Crippen LogP contribution in [0.3, 0.4) is 0 Å². The van der Waals surface area contributed by atoms with Gasteiger partial charge < -0.3 is 9.64 Å². The van der Waals surface area contributed by atoms with Crippen molar-refractivity contribution < 1.29 is 4.74 Å². The average Bonchev–Trinajstić information content (AvgIpc) is 2.85. The number of rotatable bonds is 1. The molecule has 2 aromatic carbocycles. The fourth-order valence-corrected chi connectivity index (χ4v) is 3.76. The van der Waals surface area contributed by atoms with E-state index in [1.807, 2.05) is 0 Å². The molecule has 2 aliphatic rings. The van der Waals surface area contributed by atoms with Crippen molar-refractivity contribution in [2.75, 3.05) is 13.1 Å². The van der Waals surface area contributed by atoms with E-state index in [9.17, 15) is 0 Å². The quantitative estimate of drug-likeness (QED) is 0.717. The standard InChI is InChI=1S/C21H23NO/c1-15(2)22-13-11-16-17(12-14-22)19-8-4-6-10-21(19)23-20-9-5-3-7-18(16)20/h3-10,15H,11-14H2,1-2H3. The van der Waals surface area contributed by atoms with Crippen molar-refractivity contribution >= 4 is 11.1 Å². The zero-order valence-corrected chi connectivity index (χ0v) is 13.9. The summed E-state index contributed by atoms with van der Waals surface area (Å²) in [5.74, 6) is 1.98. The number of ether oxygens (including phenoxy) is 1. The molecule has 0 N–H and O–H groups in total. The molecule has 0 saturated carbocycles. The molecule has 0 spiro atoms. The minimum Gasteiger partial charge on any atom is -0.456 e. The van der Waals surface area contributed by atoms with Gasteiger partial charge in [0.1, 0.15) is 11.5 Å². The highest BCUT2D eigenvalue weighted by molar-refractivity contribution is 5.95. The van der Waals surface area contributed by atoms with Gasteiger partial charge in [-0.15, -0.1) is 0 Å². The van der Waals surface area contributed by atoms with Crippen molar-refractivity contribution in [1.29, 1.82) is 0 Å². The summed E-state index contributed by atoms with van der Waals surface area (Å²) in [4.78, 5) is 2.58. The third kappa shape index (κ3) is 2.57. The predicted octanol–water partition coefficient (Wildman–Crippen LogP) is 5.21. The average molecular weight is 305 g/mol. The SMILES string of the molecule is CC(C)N1CCC2=C(CC1)c1ccccc1Oc1ccccc12. The van der Waals surface area contributed by atoms with E-state index in [0.29, 0.717) is 6.04 Å². The molecule has 2 aliphatic heterocycles. The highest BCUT2D eigenvalue weighted by Gasteiger charge is 2.26. The molecule has 0 aromatic heterocycles. The van der Waals surface area contributed by atoms with Gasteiger partial charge in [0.05, 0.1) is 0 Å². The third-order valence-electron chi connectivity index (χ3n) is 5.04. The Morgan fingerprint density at radius 2 is 1.26 bits per heavy atom. The monoisotopic (exact) mass is 305 g/mol. The molecular weight excluding hydrogens is 282 g/mol. The summed E-state index contributed by atoms with van der Waals surface area (Å²) in [5, 5.41) is 0. The molecule has 0 saturated heterocycles. The van der Waals surface area contributed by atoms with Gasteiger partial charge in [-0.1, -0.05) is 36.4 Å². The number of nitrogens with zero attached hydrogens (tertiary/aromatic N) is 1. The maximum absolute atomic E-state index is 6.25. The summed E-state index contributed by atoms with van der Waals surface area (Å²) in [6.07, 6.45) is 2.17. The number of benzene rings is 2. The molecule has 0 bridgehead atoms. The van der Waals surface area contributed by atoms with Crippen LogP contribution in [0.4, 0.5) is 0 Å². The first-order chi connectivity index (χ1) is 11.2. The third-order valence-corrected chi connectivity index (χ3v) is 5.04. The Balaban J connectivity index is 1.87. The van der Waals surface area contributed by atoms with Crippen molar-refractivity contribution in [1.82, 2.24) is 4.90 Å². The van der Waals surface area contributed by atoms with Gasteiger partial charge in [-0.3, -0.25) is 0 Å². The second-order valence-electron chi connectivity index (χ2n) is 6.68. The van der Waals surface area contributed by atoms with E-state index in [1.165, 1.54) is 22.3 Å². The van der Waals surface area contributed by atoms with Crippen molar-refractivity contribution in [3.8, 4) is 11.5 Å². The van der Waals surface area contributed by atoms with E-state index in [1.54, 1.807) is 0 Å². The second kappa shape index (κ2) is 5.86. The van der Waals surface area contributed by atoms with Crippen LogP contribution >= 0.6 is 0 Å². The van der Waals surface area contributed by atoms with Crippen LogP contribution in [0.2, 0.25) is 0 Å². The van der Waals surface area contributed by atoms with E-state index in [0.717, 1.165) is 37.4 Å². The van der Waals surface area contributed by atoms with Crippen LogP contribution in [-0.4, -0.2) is 24.0 Å². The van der Waals surface area contributed by atoms with Crippen LogP contribution in [0.15, 0.2) is 48.5 Å². The van der Waals surface area contributed by atoms with Crippen LogP contribution in [0.25, 0.3) is 11.1 Å². The lowest BCUT2D eigenvalue weighted by Gasteiger charge is -2.24. The summed E-state index contributed by atoms with van der Waals surface area (Å²) < 4.78 is 6.25. The van der Waals surface area contributed by atoms with Crippen LogP contribution in [-0.2, 0) is 0 Å². The van der Waals surface area contributed by atoms with Gasteiger partial charge in [-0.2, -0.15) is 0 Å². The Morgan fingerprint density at radius 3 is 1.74 bits per heavy atom. The minimum absolute atomic E-state index is 0.597. The van der Waals surface area contributed by atoms with Crippen molar-refractivity contribution in [2.45, 2.75) is 32.7 Å². The maximum atomic E-state index is 6.25. The molecule has 118 valence electrons. The summed E-state index contributed by atoms with van der Waals surface area (Å²) >= 11 is 0. The fourth-order valence-electron chi connectivity index (χ4n) is 3.76. The van der Waals surface area contributed by atoms with Gasteiger partial charge in [0.25, 0.3) is 0 Å². The Morgan fingerprint density at radius 1 is 0.783 bits per heavy atom. The summed E-state index contributed by atoms with van der Waals surface area (Å²) in [6.45, 7) is 6.82. The number of para-hydroxylation sites is 2. The predicted molar refractivity (Wildman–Crippen MR) is 95.7 cm³/mol. The van der Waals surface area contributed by atoms with Gasteiger partial charge in [0.2, 0.25) is 0 Å². The number of hydrogen-bond acceptors (Lipinski definition) is 2. The van der Waals surface area contributed by atoms with Crippen molar-refractivity contribution in [2.24, 2.45) is 0 Å². The summed E-state index contributed by atoms with van der Waals surface area (Å²) in [7, 11) is 0. The summed E-state index contributed by atoms with van der Waals surface area (Å²) in [6, 6.07) is 17.6. The maximum Gasteiger partial charge on any atom is 0.134 e. The zero-order chi connectivity index (χ0) is 15.8. The summed E-state index contributed by atoms with van der Waals surface area (Å²) in [5.41, 5.74) is 5.47. The lowest BCUT2D eigenvalue weighted by Crippen LogP contribution is -2.31. The highest BCUT2D eigenvalue weighted by atomic mass is 16.5. The van der Waals surface area contributed by atoms with Crippen LogP contribution < -0.4 is 4.74 Å². The second-order valence-corrected chi connectivity index (χ2v) is 6.68. The fraction of sp³-hybridized carbons (Fsp3) is 0.333. The van der Waals surface area contributed by atoms with Gasteiger partial charge in [0, 0.05) is 30.3 Å². The Bertz CT molecular complexity index is 700. The van der Waals surface area contributed by atoms with Gasteiger partial charge in [0.15, 0.2) is 0 Å². The Kier molecular flexibility index (Phi) is 3.70. The first kappa shape index (κ1) is 14.5. The smallest absolute Gasteiger partial charge is 0.134 e. The molecule has 0 amide bonds. The zero-order valence-electron chi connectivity index (χ0n) is 13.9. The molecule has 4 rings (SSSR count). The van der Waals surface area contributed by atoms with Crippen LogP contribution in [0.5, 0.6) is 11.5 Å². The number of hydrogen-bond donors (Lipinski definition) is 0. The molecule has 0 unspecified atom stereocenters. The minimum atomic E-state index is 0.597. The first-order valence-electron chi connectivity index (χ1n) is 8.57. The van der Waals surface area contributed by atoms with E-state index in [4.69, 9.17) is 4.74 Å². The van der Waals surface area contributed by atoms with E-state index < -0.39 is 0 Å². The van der Waals surface area contributed by atoms with E-state index in [-0.39, 0.29) is 0 Å². The molecule has 0 radical (unpaired) electrons. The molecule has 0 atom stereocenters. The molecule has 2 aromatic rings. The lowest BCUT2D eigenvalue weighted by molar-refractivity contribution is 0.235. The van der Waals surface area contributed by atoms with Crippen LogP contribution in [0, 0.1) is 0 Å². The van der Waals surface area contributed by atoms with Gasteiger partial charge in [-0.05, 0) is 50.0 Å². The molecule has 2 heterocycles. The van der Waals surface area contributed by atoms with Crippen molar-refractivity contribution in [3.05, 3.63) is 59.7 Å². The topological polar surface area (TPSA) is 12.5 Å². The van der Waals surface area contributed by atoms with Crippen molar-refractivity contribution in [3.63, 3.8) is 0 Å². The van der Waals surface area contributed by atoms with Gasteiger partial charge in [-0.25, -0.2) is 0 Å². The van der Waals surface area contributed by atoms with Gasteiger partial charge >= 0.3 is 0 Å². The highest BCUT2D eigenvalue weighted by Crippen LogP contribution is 2.45. The molecular formula is C21H23NO. The molecule has 2 heteroatoms. The number of fused-ring (bicyclic) bond motifs is 4. The Hall–Kier alpha value is -2.06. The molecule has 23 heavy (non-hydrogen) atoms. The van der Waals surface area contributed by atoms with E-state index >= 15 is 0 Å².